The van der Waals surface area contributed by atoms with Gasteiger partial charge < -0.3 is 14.2 Å². The molecule has 108 valence electrons. The summed E-state index contributed by atoms with van der Waals surface area (Å²) in [7, 11) is 0. The number of furan rings is 2. The Balaban J connectivity index is 1.65. The van der Waals surface area contributed by atoms with E-state index in [4.69, 9.17) is 8.83 Å². The number of aryl methyl sites for hydroxylation is 1. The molecule has 0 aliphatic carbocycles. The minimum Gasteiger partial charge on any atom is -0.468 e. The first-order chi connectivity index (χ1) is 10.2. The van der Waals surface area contributed by atoms with Crippen LogP contribution < -0.4 is 5.32 Å². The second kappa shape index (κ2) is 6.33. The minimum atomic E-state index is 0.677. The third-order valence-electron chi connectivity index (χ3n) is 3.29. The average molecular weight is 346 g/mol. The lowest BCUT2D eigenvalue weighted by molar-refractivity contribution is 0.455. The van der Waals surface area contributed by atoms with Gasteiger partial charge in [-0.15, -0.1) is 0 Å². The Labute approximate surface area is 132 Å². The summed E-state index contributed by atoms with van der Waals surface area (Å²) < 4.78 is 12.3. The van der Waals surface area contributed by atoms with Crippen LogP contribution in [0.1, 0.15) is 17.1 Å². The average Bonchev–Trinajstić information content (AvgIpc) is 3.10. The molecule has 0 fully saturated rings. The fourth-order valence-corrected chi connectivity index (χ4v) is 2.72. The number of nitrogens with one attached hydrogen (secondary N) is 1. The van der Waals surface area contributed by atoms with Crippen LogP contribution in [0.2, 0.25) is 0 Å². The van der Waals surface area contributed by atoms with Gasteiger partial charge in [-0.2, -0.15) is 0 Å². The van der Waals surface area contributed by atoms with Gasteiger partial charge in [0.2, 0.25) is 0 Å². The lowest BCUT2D eigenvalue weighted by Crippen LogP contribution is -2.11. The quantitative estimate of drug-likeness (QED) is 0.714. The van der Waals surface area contributed by atoms with Gasteiger partial charge in [-0.25, -0.2) is 0 Å². The van der Waals surface area contributed by atoms with Crippen molar-refractivity contribution < 1.29 is 8.83 Å². The first-order valence-electron chi connectivity index (χ1n) is 6.81. The molecule has 3 nitrogen and oxygen atoms in total. The molecule has 0 spiro atoms. The molecular weight excluding hydrogens is 330 g/mol. The summed E-state index contributed by atoms with van der Waals surface area (Å²) >= 11 is 3.48. The molecule has 1 aromatic carbocycles. The van der Waals surface area contributed by atoms with Crippen LogP contribution in [0.5, 0.6) is 0 Å². The van der Waals surface area contributed by atoms with E-state index >= 15 is 0 Å². The van der Waals surface area contributed by atoms with Crippen LogP contribution in [0.4, 0.5) is 0 Å². The Morgan fingerprint density at radius 3 is 2.67 bits per heavy atom. The van der Waals surface area contributed by atoms with E-state index in [0.717, 1.165) is 27.3 Å². The van der Waals surface area contributed by atoms with Crippen LogP contribution >= 0.6 is 15.9 Å². The summed E-state index contributed by atoms with van der Waals surface area (Å²) in [6.07, 6.45) is 1.68. The van der Waals surface area contributed by atoms with Crippen molar-refractivity contribution in [2.45, 2.75) is 20.0 Å². The molecule has 0 radical (unpaired) electrons. The van der Waals surface area contributed by atoms with Crippen LogP contribution in [-0.2, 0) is 13.1 Å². The highest BCUT2D eigenvalue weighted by molar-refractivity contribution is 9.10. The van der Waals surface area contributed by atoms with Crippen molar-refractivity contribution in [2.75, 3.05) is 0 Å². The maximum Gasteiger partial charge on any atom is 0.134 e. The van der Waals surface area contributed by atoms with Crippen LogP contribution in [0, 0.1) is 6.92 Å². The molecule has 3 rings (SSSR count). The lowest BCUT2D eigenvalue weighted by Gasteiger charge is -2.03. The second-order valence-electron chi connectivity index (χ2n) is 4.91. The van der Waals surface area contributed by atoms with E-state index in [-0.39, 0.29) is 0 Å². The molecule has 0 aliphatic heterocycles. The highest BCUT2D eigenvalue weighted by atomic mass is 79.9. The maximum absolute atomic E-state index is 5.90. The van der Waals surface area contributed by atoms with Crippen molar-refractivity contribution in [3.8, 4) is 11.3 Å². The number of benzene rings is 1. The molecule has 0 aliphatic rings. The third kappa shape index (κ3) is 3.46. The maximum atomic E-state index is 5.90. The second-order valence-corrected chi connectivity index (χ2v) is 5.82. The van der Waals surface area contributed by atoms with E-state index in [1.807, 2.05) is 30.3 Å². The van der Waals surface area contributed by atoms with Crippen molar-refractivity contribution in [1.82, 2.24) is 5.32 Å². The Bertz CT molecular complexity index is 716. The zero-order chi connectivity index (χ0) is 14.7. The van der Waals surface area contributed by atoms with Gasteiger partial charge in [0, 0.05) is 10.0 Å². The number of rotatable bonds is 5. The van der Waals surface area contributed by atoms with Gasteiger partial charge in [0.1, 0.15) is 17.3 Å². The molecule has 0 amide bonds. The van der Waals surface area contributed by atoms with Crippen molar-refractivity contribution >= 4 is 15.9 Å². The summed E-state index contributed by atoms with van der Waals surface area (Å²) in [6.45, 7) is 3.45. The fourth-order valence-electron chi connectivity index (χ4n) is 2.24. The third-order valence-corrected chi connectivity index (χ3v) is 3.79. The molecule has 3 aromatic rings. The summed E-state index contributed by atoms with van der Waals surface area (Å²) in [5.41, 5.74) is 2.31. The van der Waals surface area contributed by atoms with Crippen molar-refractivity contribution in [1.29, 1.82) is 0 Å². The Morgan fingerprint density at radius 1 is 1.05 bits per heavy atom. The molecule has 2 heterocycles. The van der Waals surface area contributed by atoms with E-state index in [0.29, 0.717) is 13.1 Å². The van der Waals surface area contributed by atoms with Gasteiger partial charge in [-0.1, -0.05) is 15.9 Å². The van der Waals surface area contributed by atoms with Crippen molar-refractivity contribution in [3.05, 3.63) is 70.3 Å². The molecule has 0 saturated carbocycles. The predicted molar refractivity (Wildman–Crippen MR) is 85.8 cm³/mol. The highest BCUT2D eigenvalue weighted by Crippen LogP contribution is 2.27. The smallest absolute Gasteiger partial charge is 0.134 e. The van der Waals surface area contributed by atoms with Gasteiger partial charge >= 0.3 is 0 Å². The molecule has 4 heteroatoms. The topological polar surface area (TPSA) is 38.3 Å². The first kappa shape index (κ1) is 14.2. The summed E-state index contributed by atoms with van der Waals surface area (Å²) in [5, 5.41) is 3.30. The molecule has 0 bridgehead atoms. The van der Waals surface area contributed by atoms with Crippen molar-refractivity contribution in [2.24, 2.45) is 0 Å². The number of hydrogen-bond donors (Lipinski definition) is 1. The monoisotopic (exact) mass is 345 g/mol. The van der Waals surface area contributed by atoms with E-state index in [2.05, 4.69) is 40.3 Å². The van der Waals surface area contributed by atoms with E-state index in [9.17, 15) is 0 Å². The molecule has 0 saturated heterocycles. The van der Waals surface area contributed by atoms with E-state index < -0.39 is 0 Å². The Hall–Kier alpha value is -1.78. The Kier molecular flexibility index (Phi) is 4.27. The normalized spacial score (nSPS) is 11.0. The van der Waals surface area contributed by atoms with Gasteiger partial charge in [0.25, 0.3) is 0 Å². The highest BCUT2D eigenvalue weighted by Gasteiger charge is 2.08. The van der Waals surface area contributed by atoms with Crippen molar-refractivity contribution in [3.63, 3.8) is 0 Å². The van der Waals surface area contributed by atoms with Gasteiger partial charge in [-0.3, -0.25) is 0 Å². The minimum absolute atomic E-state index is 0.677. The summed E-state index contributed by atoms with van der Waals surface area (Å²) in [4.78, 5) is 0. The molecular formula is C17H16BrNO2. The lowest BCUT2D eigenvalue weighted by atomic mass is 10.1. The van der Waals surface area contributed by atoms with E-state index in [1.54, 1.807) is 6.26 Å². The standard InChI is InChI=1S/C17H16BrNO2/c1-12-9-13(18)4-6-16(12)17-7-5-15(21-17)11-19-10-14-3-2-8-20-14/h2-9,19H,10-11H2,1H3. The molecule has 1 N–H and O–H groups in total. The largest absolute Gasteiger partial charge is 0.468 e. The number of halogens is 1. The molecule has 2 aromatic heterocycles. The van der Waals surface area contributed by atoms with Crippen LogP contribution in [0.25, 0.3) is 11.3 Å². The predicted octanol–water partition coefficient (Wildman–Crippen LogP) is 4.90. The van der Waals surface area contributed by atoms with E-state index in [1.165, 1.54) is 5.56 Å². The number of hydrogen-bond acceptors (Lipinski definition) is 3. The summed E-state index contributed by atoms with van der Waals surface area (Å²) in [6, 6.07) is 14.0. The molecule has 0 atom stereocenters. The van der Waals surface area contributed by atoms with Gasteiger partial charge in [0.05, 0.1) is 19.4 Å². The molecule has 0 unspecified atom stereocenters. The fraction of sp³-hybridized carbons (Fsp3) is 0.176. The van der Waals surface area contributed by atoms with Crippen LogP contribution in [0.3, 0.4) is 0 Å². The van der Waals surface area contributed by atoms with Crippen LogP contribution in [0.15, 0.2) is 62.0 Å². The molecule has 21 heavy (non-hydrogen) atoms. The SMILES string of the molecule is Cc1cc(Br)ccc1-c1ccc(CNCc2ccco2)o1. The summed E-state index contributed by atoms with van der Waals surface area (Å²) in [5.74, 6) is 2.74. The van der Waals surface area contributed by atoms with Gasteiger partial charge in [-0.05, 0) is 55.0 Å². The van der Waals surface area contributed by atoms with Gasteiger partial charge in [0.15, 0.2) is 0 Å². The zero-order valence-corrected chi connectivity index (χ0v) is 13.3. The Morgan fingerprint density at radius 2 is 1.90 bits per heavy atom. The first-order valence-corrected chi connectivity index (χ1v) is 7.60. The zero-order valence-electron chi connectivity index (χ0n) is 11.7. The van der Waals surface area contributed by atoms with Crippen LogP contribution in [-0.4, -0.2) is 0 Å².